The van der Waals surface area contributed by atoms with Crippen molar-refractivity contribution in [3.05, 3.63) is 34.7 Å². The highest BCUT2D eigenvalue weighted by atomic mass is 32.2. The number of benzene rings is 1. The Kier molecular flexibility index (Phi) is 2.15. The van der Waals surface area contributed by atoms with Crippen molar-refractivity contribution in [1.82, 2.24) is 8.96 Å². The molecule has 80 valence electrons. The average Bonchev–Trinajstić information content (AvgIpc) is 2.54. The molecule has 5 nitrogen and oxygen atoms in total. The molecular weight excluding hydrogens is 216 g/mol. The molecule has 0 aliphatic rings. The third kappa shape index (κ3) is 1.46. The maximum absolute atomic E-state index is 11.6. The number of nitrogens with one attached hydrogen (secondary N) is 1. The monoisotopic (exact) mass is 226 g/mol. The molecule has 0 atom stereocenters. The summed E-state index contributed by atoms with van der Waals surface area (Å²) in [7, 11) is -3.54. The van der Waals surface area contributed by atoms with Crippen LogP contribution in [0.15, 0.2) is 29.1 Å². The normalized spacial score (nSPS) is 12.1. The van der Waals surface area contributed by atoms with E-state index >= 15 is 0 Å². The fourth-order valence-corrected chi connectivity index (χ4v) is 2.45. The highest BCUT2D eigenvalue weighted by Gasteiger charge is 2.17. The van der Waals surface area contributed by atoms with Crippen LogP contribution >= 0.6 is 0 Å². The second-order valence-electron chi connectivity index (χ2n) is 3.11. The van der Waals surface area contributed by atoms with Crippen LogP contribution in [-0.2, 0) is 10.0 Å². The summed E-state index contributed by atoms with van der Waals surface area (Å²) in [6.07, 6.45) is 0. The van der Waals surface area contributed by atoms with E-state index in [0.29, 0.717) is 11.0 Å². The van der Waals surface area contributed by atoms with Crippen molar-refractivity contribution >= 4 is 21.1 Å². The van der Waals surface area contributed by atoms with Gasteiger partial charge in [-0.05, 0) is 19.1 Å². The maximum Gasteiger partial charge on any atom is 0.340 e. The van der Waals surface area contributed by atoms with Crippen molar-refractivity contribution in [3.63, 3.8) is 0 Å². The van der Waals surface area contributed by atoms with E-state index in [1.165, 1.54) is 6.92 Å². The van der Waals surface area contributed by atoms with Crippen LogP contribution in [0.1, 0.15) is 6.92 Å². The SMILES string of the molecule is CCS(=O)(=O)n1c(=O)[nH]c2ccccc21. The molecule has 0 bridgehead atoms. The molecule has 0 radical (unpaired) electrons. The minimum absolute atomic E-state index is 0.102. The third-order valence-corrected chi connectivity index (χ3v) is 3.84. The van der Waals surface area contributed by atoms with Crippen molar-refractivity contribution in [1.29, 1.82) is 0 Å². The van der Waals surface area contributed by atoms with E-state index in [-0.39, 0.29) is 5.75 Å². The van der Waals surface area contributed by atoms with E-state index in [2.05, 4.69) is 4.98 Å². The van der Waals surface area contributed by atoms with Gasteiger partial charge in [-0.1, -0.05) is 12.1 Å². The Morgan fingerprint density at radius 3 is 2.67 bits per heavy atom. The van der Waals surface area contributed by atoms with E-state index in [9.17, 15) is 13.2 Å². The van der Waals surface area contributed by atoms with Gasteiger partial charge in [0.05, 0.1) is 16.8 Å². The number of fused-ring (bicyclic) bond motifs is 1. The van der Waals surface area contributed by atoms with Crippen molar-refractivity contribution in [2.75, 3.05) is 5.75 Å². The summed E-state index contributed by atoms with van der Waals surface area (Å²) in [5.41, 5.74) is 0.307. The highest BCUT2D eigenvalue weighted by molar-refractivity contribution is 7.90. The van der Waals surface area contributed by atoms with Gasteiger partial charge in [-0.25, -0.2) is 13.2 Å². The summed E-state index contributed by atoms with van der Waals surface area (Å²) in [5, 5.41) is 0. The molecule has 0 saturated carbocycles. The number of aromatic amines is 1. The second kappa shape index (κ2) is 3.23. The van der Waals surface area contributed by atoms with Crippen LogP contribution < -0.4 is 5.69 Å². The predicted molar refractivity (Wildman–Crippen MR) is 57.4 cm³/mol. The zero-order chi connectivity index (χ0) is 11.1. The van der Waals surface area contributed by atoms with E-state index in [1.807, 2.05) is 0 Å². The molecule has 0 aliphatic heterocycles. The quantitative estimate of drug-likeness (QED) is 0.811. The molecule has 6 heteroatoms. The van der Waals surface area contributed by atoms with E-state index in [4.69, 9.17) is 0 Å². The molecular formula is C9H10N2O3S. The molecule has 2 aromatic rings. The van der Waals surface area contributed by atoms with Gasteiger partial charge in [0.15, 0.2) is 0 Å². The molecule has 1 aromatic carbocycles. The van der Waals surface area contributed by atoms with Gasteiger partial charge in [0, 0.05) is 0 Å². The molecule has 0 spiro atoms. The highest BCUT2D eigenvalue weighted by Crippen LogP contribution is 2.11. The maximum atomic E-state index is 11.6. The van der Waals surface area contributed by atoms with Gasteiger partial charge in [-0.3, -0.25) is 0 Å². The third-order valence-electron chi connectivity index (χ3n) is 2.19. The standard InChI is InChI=1S/C9H10N2O3S/c1-2-15(13,14)11-8-6-4-3-5-7(8)10-9(11)12/h3-6H,2H2,1H3,(H,10,12). The van der Waals surface area contributed by atoms with Crippen LogP contribution in [0.25, 0.3) is 11.0 Å². The number of aromatic nitrogens is 2. The van der Waals surface area contributed by atoms with E-state index < -0.39 is 15.7 Å². The molecule has 0 amide bonds. The first kappa shape index (κ1) is 9.97. The first-order valence-corrected chi connectivity index (χ1v) is 6.10. The number of rotatable bonds is 2. The largest absolute Gasteiger partial charge is 0.340 e. The first-order chi connectivity index (χ1) is 7.06. The molecule has 0 unspecified atom stereocenters. The van der Waals surface area contributed by atoms with Crippen LogP contribution in [0.3, 0.4) is 0 Å². The number of hydrogen-bond acceptors (Lipinski definition) is 3. The lowest BCUT2D eigenvalue weighted by atomic mass is 10.3. The Labute approximate surface area is 86.4 Å². The molecule has 1 heterocycles. The summed E-state index contributed by atoms with van der Waals surface area (Å²) < 4.78 is 24.1. The number of H-pyrrole nitrogens is 1. The van der Waals surface area contributed by atoms with Crippen molar-refractivity contribution < 1.29 is 8.42 Å². The molecule has 2 rings (SSSR count). The van der Waals surface area contributed by atoms with Crippen molar-refractivity contribution in [2.24, 2.45) is 0 Å². The van der Waals surface area contributed by atoms with Crippen LogP contribution in [0.2, 0.25) is 0 Å². The van der Waals surface area contributed by atoms with E-state index in [1.54, 1.807) is 24.3 Å². The number of nitrogens with zero attached hydrogens (tertiary/aromatic N) is 1. The summed E-state index contributed by atoms with van der Waals surface area (Å²) >= 11 is 0. The molecule has 1 N–H and O–H groups in total. The lowest BCUT2D eigenvalue weighted by Crippen LogP contribution is -2.26. The lowest BCUT2D eigenvalue weighted by molar-refractivity contribution is 0.588. The van der Waals surface area contributed by atoms with Gasteiger partial charge in [-0.2, -0.15) is 3.97 Å². The van der Waals surface area contributed by atoms with Crippen molar-refractivity contribution in [2.45, 2.75) is 6.92 Å². The zero-order valence-electron chi connectivity index (χ0n) is 8.10. The molecule has 0 fully saturated rings. The molecule has 1 aromatic heterocycles. The van der Waals surface area contributed by atoms with Gasteiger partial charge in [0.25, 0.3) is 0 Å². The average molecular weight is 226 g/mol. The minimum Gasteiger partial charge on any atom is -0.305 e. The van der Waals surface area contributed by atoms with Gasteiger partial charge < -0.3 is 4.98 Å². The van der Waals surface area contributed by atoms with Gasteiger partial charge in [0.2, 0.25) is 10.0 Å². The summed E-state index contributed by atoms with van der Waals surface area (Å²) in [4.78, 5) is 14.0. The smallest absolute Gasteiger partial charge is 0.305 e. The first-order valence-electron chi connectivity index (χ1n) is 4.49. The zero-order valence-corrected chi connectivity index (χ0v) is 8.91. The van der Waals surface area contributed by atoms with Crippen LogP contribution in [-0.4, -0.2) is 23.1 Å². The van der Waals surface area contributed by atoms with Gasteiger partial charge in [0.1, 0.15) is 0 Å². The number of imidazole rings is 1. The van der Waals surface area contributed by atoms with Gasteiger partial charge >= 0.3 is 5.69 Å². The van der Waals surface area contributed by atoms with Crippen LogP contribution in [0.4, 0.5) is 0 Å². The topological polar surface area (TPSA) is 71.9 Å². The predicted octanol–water partition coefficient (Wildman–Crippen LogP) is 0.527. The summed E-state index contributed by atoms with van der Waals surface area (Å²) in [6, 6.07) is 6.69. The van der Waals surface area contributed by atoms with Gasteiger partial charge in [-0.15, -0.1) is 0 Å². The van der Waals surface area contributed by atoms with Crippen molar-refractivity contribution in [3.8, 4) is 0 Å². The number of para-hydroxylation sites is 2. The summed E-state index contributed by atoms with van der Waals surface area (Å²) in [6.45, 7) is 1.50. The minimum atomic E-state index is -3.54. The fourth-order valence-electron chi connectivity index (χ4n) is 1.44. The van der Waals surface area contributed by atoms with Crippen LogP contribution in [0.5, 0.6) is 0 Å². The Hall–Kier alpha value is -1.56. The number of hydrogen-bond donors (Lipinski definition) is 1. The lowest BCUT2D eigenvalue weighted by Gasteiger charge is -2.01. The Morgan fingerprint density at radius 1 is 1.33 bits per heavy atom. The molecule has 0 aliphatic carbocycles. The Balaban J connectivity index is 2.93. The van der Waals surface area contributed by atoms with E-state index in [0.717, 1.165) is 3.97 Å². The Bertz CT molecular complexity index is 651. The second-order valence-corrected chi connectivity index (χ2v) is 5.22. The molecule has 15 heavy (non-hydrogen) atoms. The fraction of sp³-hybridized carbons (Fsp3) is 0.222. The summed E-state index contributed by atoms with van der Waals surface area (Å²) in [5.74, 6) is -0.102. The van der Waals surface area contributed by atoms with Crippen LogP contribution in [0, 0.1) is 0 Å². The Morgan fingerprint density at radius 2 is 2.00 bits per heavy atom. The molecule has 0 saturated heterocycles.